The monoisotopic (exact) mass is 177 g/mol. The van der Waals surface area contributed by atoms with Crippen molar-refractivity contribution in [3.63, 3.8) is 0 Å². The summed E-state index contributed by atoms with van der Waals surface area (Å²) in [4.78, 5) is 23.9. The van der Waals surface area contributed by atoms with E-state index in [1.54, 1.807) is 13.0 Å². The van der Waals surface area contributed by atoms with Crippen molar-refractivity contribution < 1.29 is 14.7 Å². The van der Waals surface area contributed by atoms with Gasteiger partial charge in [-0.15, -0.1) is 0 Å². The molecule has 1 N–H and O–H groups in total. The van der Waals surface area contributed by atoms with Crippen molar-refractivity contribution in [2.24, 2.45) is 4.99 Å². The van der Waals surface area contributed by atoms with Crippen molar-refractivity contribution in [2.45, 2.75) is 6.92 Å². The van der Waals surface area contributed by atoms with Crippen molar-refractivity contribution in [3.8, 4) is 0 Å². The van der Waals surface area contributed by atoms with Gasteiger partial charge in [-0.3, -0.25) is 0 Å². The first kappa shape index (κ1) is 9.16. The van der Waals surface area contributed by atoms with Crippen molar-refractivity contribution in [1.82, 2.24) is 0 Å². The van der Waals surface area contributed by atoms with E-state index in [1.165, 1.54) is 18.2 Å². The number of carbonyl (C=O) groups excluding carboxylic acids is 1. The number of isocyanates is 1. The van der Waals surface area contributed by atoms with E-state index < -0.39 is 5.97 Å². The van der Waals surface area contributed by atoms with E-state index in [0.717, 1.165) is 5.56 Å². The zero-order chi connectivity index (χ0) is 9.84. The predicted molar refractivity (Wildman–Crippen MR) is 45.9 cm³/mol. The Hall–Kier alpha value is -1.93. The molecular weight excluding hydrogens is 170 g/mol. The SMILES string of the molecule is Cc1ccc(C(=O)O)cc1N=C=O. The molecule has 1 aromatic rings. The zero-order valence-electron chi connectivity index (χ0n) is 6.94. The number of rotatable bonds is 2. The second kappa shape index (κ2) is 3.65. The van der Waals surface area contributed by atoms with Crippen LogP contribution in [-0.4, -0.2) is 17.2 Å². The lowest BCUT2D eigenvalue weighted by Crippen LogP contribution is -1.95. The Bertz CT molecular complexity index is 392. The summed E-state index contributed by atoms with van der Waals surface area (Å²) in [6.07, 6.45) is 1.37. The highest BCUT2D eigenvalue weighted by Gasteiger charge is 2.04. The van der Waals surface area contributed by atoms with Gasteiger partial charge in [-0.05, 0) is 24.6 Å². The smallest absolute Gasteiger partial charge is 0.335 e. The van der Waals surface area contributed by atoms with Crippen LogP contribution in [0, 0.1) is 6.92 Å². The van der Waals surface area contributed by atoms with Gasteiger partial charge in [-0.25, -0.2) is 9.59 Å². The van der Waals surface area contributed by atoms with Gasteiger partial charge in [0.15, 0.2) is 0 Å². The molecule has 0 radical (unpaired) electrons. The van der Waals surface area contributed by atoms with Crippen molar-refractivity contribution in [2.75, 3.05) is 0 Å². The maximum absolute atomic E-state index is 10.5. The minimum atomic E-state index is -1.04. The quantitative estimate of drug-likeness (QED) is 0.551. The van der Waals surface area contributed by atoms with Gasteiger partial charge < -0.3 is 5.11 Å². The molecule has 0 heterocycles. The highest BCUT2D eigenvalue weighted by Crippen LogP contribution is 2.19. The first-order valence-corrected chi connectivity index (χ1v) is 3.57. The zero-order valence-corrected chi connectivity index (χ0v) is 6.94. The molecule has 0 spiro atoms. The Balaban J connectivity index is 3.26. The highest BCUT2D eigenvalue weighted by molar-refractivity contribution is 5.89. The fourth-order valence-electron chi connectivity index (χ4n) is 0.912. The number of hydrogen-bond acceptors (Lipinski definition) is 3. The Morgan fingerprint density at radius 1 is 1.54 bits per heavy atom. The van der Waals surface area contributed by atoms with Gasteiger partial charge in [0.2, 0.25) is 6.08 Å². The molecule has 0 aliphatic heterocycles. The van der Waals surface area contributed by atoms with Crippen molar-refractivity contribution in [3.05, 3.63) is 29.3 Å². The molecule has 0 aliphatic carbocycles. The first-order chi connectivity index (χ1) is 6.15. The molecule has 1 aromatic carbocycles. The van der Waals surface area contributed by atoms with Crippen LogP contribution in [0.2, 0.25) is 0 Å². The number of hydrogen-bond donors (Lipinski definition) is 1. The van der Waals surface area contributed by atoms with Crippen LogP contribution in [0.5, 0.6) is 0 Å². The van der Waals surface area contributed by atoms with Gasteiger partial charge in [0.1, 0.15) is 0 Å². The lowest BCUT2D eigenvalue weighted by atomic mass is 10.1. The molecule has 66 valence electrons. The molecule has 0 saturated carbocycles. The summed E-state index contributed by atoms with van der Waals surface area (Å²) in [6.45, 7) is 1.74. The molecule has 0 aliphatic rings. The minimum absolute atomic E-state index is 0.111. The molecule has 0 saturated heterocycles. The van der Waals surface area contributed by atoms with Gasteiger partial charge in [0.25, 0.3) is 0 Å². The number of aliphatic imine (C=N–C) groups is 1. The third-order valence-corrected chi connectivity index (χ3v) is 1.62. The third kappa shape index (κ3) is 2.01. The minimum Gasteiger partial charge on any atom is -0.478 e. The second-order valence-electron chi connectivity index (χ2n) is 2.51. The standard InChI is InChI=1S/C9H7NO3/c1-6-2-3-7(9(12)13)4-8(6)10-5-11/h2-4H,1H3,(H,12,13). The average Bonchev–Trinajstić information content (AvgIpc) is 2.08. The Morgan fingerprint density at radius 2 is 2.23 bits per heavy atom. The molecular formula is C9H7NO3. The van der Waals surface area contributed by atoms with Gasteiger partial charge in [-0.1, -0.05) is 6.07 Å². The van der Waals surface area contributed by atoms with E-state index in [2.05, 4.69) is 4.99 Å². The van der Waals surface area contributed by atoms with Crippen LogP contribution in [-0.2, 0) is 4.79 Å². The van der Waals surface area contributed by atoms with Crippen LogP contribution in [0.25, 0.3) is 0 Å². The van der Waals surface area contributed by atoms with Crippen molar-refractivity contribution in [1.29, 1.82) is 0 Å². The Morgan fingerprint density at radius 3 is 2.77 bits per heavy atom. The van der Waals surface area contributed by atoms with Crippen LogP contribution in [0.4, 0.5) is 5.69 Å². The first-order valence-electron chi connectivity index (χ1n) is 3.57. The lowest BCUT2D eigenvalue weighted by molar-refractivity contribution is 0.0697. The summed E-state index contributed by atoms with van der Waals surface area (Å²) in [5.41, 5.74) is 1.20. The van der Waals surface area contributed by atoms with Crippen LogP contribution < -0.4 is 0 Å². The maximum Gasteiger partial charge on any atom is 0.335 e. The molecule has 0 amide bonds. The summed E-state index contributed by atoms with van der Waals surface area (Å²) in [7, 11) is 0. The summed E-state index contributed by atoms with van der Waals surface area (Å²) < 4.78 is 0. The summed E-state index contributed by atoms with van der Waals surface area (Å²) in [5.74, 6) is -1.04. The molecule has 13 heavy (non-hydrogen) atoms. The number of carboxylic acid groups (broad SMARTS) is 1. The fourth-order valence-corrected chi connectivity index (χ4v) is 0.912. The van der Waals surface area contributed by atoms with Gasteiger partial charge in [0.05, 0.1) is 11.3 Å². The summed E-state index contributed by atoms with van der Waals surface area (Å²) >= 11 is 0. The van der Waals surface area contributed by atoms with Crippen LogP contribution >= 0.6 is 0 Å². The Labute approximate surface area is 74.5 Å². The van der Waals surface area contributed by atoms with E-state index in [1.807, 2.05) is 0 Å². The number of aromatic carboxylic acids is 1. The van der Waals surface area contributed by atoms with E-state index in [9.17, 15) is 9.59 Å². The molecule has 0 fully saturated rings. The third-order valence-electron chi connectivity index (χ3n) is 1.62. The normalized spacial score (nSPS) is 9.00. The molecule has 1 rings (SSSR count). The van der Waals surface area contributed by atoms with E-state index >= 15 is 0 Å². The predicted octanol–water partition coefficient (Wildman–Crippen LogP) is 1.66. The number of aryl methyl sites for hydroxylation is 1. The number of benzene rings is 1. The fraction of sp³-hybridized carbons (Fsp3) is 0.111. The summed E-state index contributed by atoms with van der Waals surface area (Å²) in [6, 6.07) is 4.39. The molecule has 0 bridgehead atoms. The maximum atomic E-state index is 10.5. The number of nitrogens with zero attached hydrogens (tertiary/aromatic N) is 1. The summed E-state index contributed by atoms with van der Waals surface area (Å²) in [5, 5.41) is 8.63. The van der Waals surface area contributed by atoms with Crippen molar-refractivity contribution >= 4 is 17.7 Å². The van der Waals surface area contributed by atoms with Gasteiger partial charge in [-0.2, -0.15) is 4.99 Å². The molecule has 0 aromatic heterocycles. The van der Waals surface area contributed by atoms with Gasteiger partial charge >= 0.3 is 5.97 Å². The van der Waals surface area contributed by atoms with Crippen LogP contribution in [0.3, 0.4) is 0 Å². The topological polar surface area (TPSA) is 66.7 Å². The van der Waals surface area contributed by atoms with E-state index in [0.29, 0.717) is 5.69 Å². The second-order valence-corrected chi connectivity index (χ2v) is 2.51. The number of carboxylic acids is 1. The Kier molecular flexibility index (Phi) is 2.57. The molecule has 0 unspecified atom stereocenters. The molecule has 4 nitrogen and oxygen atoms in total. The highest BCUT2D eigenvalue weighted by atomic mass is 16.4. The van der Waals surface area contributed by atoms with E-state index in [4.69, 9.17) is 5.11 Å². The largest absolute Gasteiger partial charge is 0.478 e. The average molecular weight is 177 g/mol. The molecule has 4 heteroatoms. The number of carbonyl (C=O) groups is 1. The van der Waals surface area contributed by atoms with Crippen LogP contribution in [0.15, 0.2) is 23.2 Å². The van der Waals surface area contributed by atoms with Gasteiger partial charge in [0, 0.05) is 0 Å². The lowest BCUT2D eigenvalue weighted by Gasteiger charge is -1.98. The van der Waals surface area contributed by atoms with E-state index in [-0.39, 0.29) is 5.56 Å². The molecule has 0 atom stereocenters. The van der Waals surface area contributed by atoms with Crippen LogP contribution in [0.1, 0.15) is 15.9 Å².